The maximum Gasteiger partial charge on any atom is 0.416 e. The van der Waals surface area contributed by atoms with Crippen molar-refractivity contribution < 1.29 is 13.2 Å². The second-order valence-electron chi connectivity index (χ2n) is 6.53. The van der Waals surface area contributed by atoms with Crippen LogP contribution in [-0.4, -0.2) is 9.55 Å². The van der Waals surface area contributed by atoms with Gasteiger partial charge in [-0.1, -0.05) is 28.1 Å². The van der Waals surface area contributed by atoms with E-state index in [0.717, 1.165) is 27.3 Å². The highest BCUT2D eigenvalue weighted by atomic mass is 79.9. The summed E-state index contributed by atoms with van der Waals surface area (Å²) in [4.78, 5) is 9.23. The molecule has 3 nitrogen and oxygen atoms in total. The number of rotatable bonds is 2. The molecule has 0 unspecified atom stereocenters. The lowest BCUT2D eigenvalue weighted by Crippen LogP contribution is -2.18. The van der Waals surface area contributed by atoms with Gasteiger partial charge in [-0.25, -0.2) is 4.98 Å². The SMILES string of the molecule is Cc1c([C@@H](C)N=c2nc(C)n(C)c3ccc(Br)cc23)cccc1C(F)(F)F. The summed E-state index contributed by atoms with van der Waals surface area (Å²) in [7, 11) is 1.92. The Kier molecular flexibility index (Phi) is 5.16. The van der Waals surface area contributed by atoms with Crippen LogP contribution in [0.3, 0.4) is 0 Å². The van der Waals surface area contributed by atoms with Crippen LogP contribution in [-0.2, 0) is 13.2 Å². The molecule has 0 spiro atoms. The molecule has 1 heterocycles. The molecule has 1 aromatic heterocycles. The van der Waals surface area contributed by atoms with Gasteiger partial charge in [0.15, 0.2) is 5.49 Å². The van der Waals surface area contributed by atoms with Gasteiger partial charge in [-0.05, 0) is 56.2 Å². The van der Waals surface area contributed by atoms with E-state index in [1.54, 1.807) is 13.0 Å². The molecule has 0 radical (unpaired) electrons. The van der Waals surface area contributed by atoms with E-state index in [9.17, 15) is 13.2 Å². The van der Waals surface area contributed by atoms with Gasteiger partial charge in [-0.3, -0.25) is 4.99 Å². The quantitative estimate of drug-likeness (QED) is 0.510. The summed E-state index contributed by atoms with van der Waals surface area (Å²) >= 11 is 3.46. The van der Waals surface area contributed by atoms with Crippen molar-refractivity contribution in [1.82, 2.24) is 9.55 Å². The van der Waals surface area contributed by atoms with Crippen molar-refractivity contribution in [2.24, 2.45) is 12.0 Å². The van der Waals surface area contributed by atoms with Gasteiger partial charge >= 0.3 is 6.18 Å². The zero-order chi connectivity index (χ0) is 19.9. The number of aryl methyl sites for hydroxylation is 2. The monoisotopic (exact) mass is 437 g/mol. The molecule has 3 rings (SSSR count). The van der Waals surface area contributed by atoms with Crippen LogP contribution in [0.5, 0.6) is 0 Å². The number of hydrogen-bond acceptors (Lipinski definition) is 2. The van der Waals surface area contributed by atoms with Gasteiger partial charge in [0.1, 0.15) is 5.82 Å². The lowest BCUT2D eigenvalue weighted by atomic mass is 9.97. The van der Waals surface area contributed by atoms with Crippen LogP contribution < -0.4 is 5.49 Å². The Labute approximate surface area is 163 Å². The standard InChI is InChI=1S/C20H19BrF3N3/c1-11-15(6-5-7-17(11)20(22,23)24)12(2)25-19-16-10-14(21)8-9-18(16)27(4)13(3)26-19/h5-10,12H,1-4H3/t12-/m1/s1. The fourth-order valence-corrected chi connectivity index (χ4v) is 3.57. The third kappa shape index (κ3) is 3.78. The van der Waals surface area contributed by atoms with Gasteiger partial charge in [-0.2, -0.15) is 13.2 Å². The molecule has 0 aliphatic carbocycles. The number of halogens is 4. The van der Waals surface area contributed by atoms with E-state index in [4.69, 9.17) is 0 Å². The lowest BCUT2D eigenvalue weighted by Gasteiger charge is -2.16. The number of benzene rings is 2. The van der Waals surface area contributed by atoms with Crippen LogP contribution >= 0.6 is 15.9 Å². The summed E-state index contributed by atoms with van der Waals surface area (Å²) in [5, 5.41) is 0.842. The number of hydrogen-bond donors (Lipinski definition) is 0. The first-order valence-electron chi connectivity index (χ1n) is 8.43. The fourth-order valence-electron chi connectivity index (χ4n) is 3.21. The topological polar surface area (TPSA) is 30.2 Å². The van der Waals surface area contributed by atoms with Crippen molar-refractivity contribution in [3.8, 4) is 0 Å². The molecule has 0 bridgehead atoms. The predicted molar refractivity (Wildman–Crippen MR) is 103 cm³/mol. The van der Waals surface area contributed by atoms with Gasteiger partial charge in [0.05, 0.1) is 17.1 Å². The average molecular weight is 438 g/mol. The first kappa shape index (κ1) is 19.6. The Bertz CT molecular complexity index is 1080. The Morgan fingerprint density at radius 3 is 2.52 bits per heavy atom. The van der Waals surface area contributed by atoms with Crippen molar-refractivity contribution in [3.05, 3.63) is 68.9 Å². The van der Waals surface area contributed by atoms with E-state index in [1.807, 2.05) is 36.7 Å². The number of fused-ring (bicyclic) bond motifs is 1. The lowest BCUT2D eigenvalue weighted by molar-refractivity contribution is -0.138. The summed E-state index contributed by atoms with van der Waals surface area (Å²) in [6, 6.07) is 9.57. The molecular formula is C20H19BrF3N3. The zero-order valence-corrected chi connectivity index (χ0v) is 17.0. The fraction of sp³-hybridized carbons (Fsp3) is 0.300. The van der Waals surface area contributed by atoms with Crippen LogP contribution in [0.1, 0.15) is 35.5 Å². The van der Waals surface area contributed by atoms with Crippen molar-refractivity contribution in [3.63, 3.8) is 0 Å². The summed E-state index contributed by atoms with van der Waals surface area (Å²) in [6.45, 7) is 5.15. The minimum absolute atomic E-state index is 0.199. The van der Waals surface area contributed by atoms with Gasteiger partial charge in [-0.15, -0.1) is 0 Å². The van der Waals surface area contributed by atoms with E-state index in [1.165, 1.54) is 13.0 Å². The van der Waals surface area contributed by atoms with E-state index >= 15 is 0 Å². The highest BCUT2D eigenvalue weighted by Gasteiger charge is 2.33. The van der Waals surface area contributed by atoms with E-state index in [2.05, 4.69) is 25.9 Å². The van der Waals surface area contributed by atoms with Crippen molar-refractivity contribution in [2.75, 3.05) is 0 Å². The molecule has 0 amide bonds. The van der Waals surface area contributed by atoms with Gasteiger partial charge < -0.3 is 4.57 Å². The molecule has 2 aromatic carbocycles. The molecule has 0 aliphatic heterocycles. The molecule has 0 aliphatic rings. The minimum atomic E-state index is -4.38. The van der Waals surface area contributed by atoms with Crippen molar-refractivity contribution in [1.29, 1.82) is 0 Å². The Morgan fingerprint density at radius 2 is 1.85 bits per heavy atom. The molecule has 0 saturated carbocycles. The number of alkyl halides is 3. The third-order valence-corrected chi connectivity index (χ3v) is 5.25. The summed E-state index contributed by atoms with van der Waals surface area (Å²) in [5.74, 6) is 0.775. The highest BCUT2D eigenvalue weighted by Crippen LogP contribution is 2.35. The highest BCUT2D eigenvalue weighted by molar-refractivity contribution is 9.10. The first-order chi connectivity index (χ1) is 12.6. The first-order valence-corrected chi connectivity index (χ1v) is 9.22. The maximum absolute atomic E-state index is 13.2. The van der Waals surface area contributed by atoms with Crippen LogP contribution in [0.25, 0.3) is 10.9 Å². The number of aromatic nitrogens is 2. The van der Waals surface area contributed by atoms with Crippen LogP contribution in [0.15, 0.2) is 45.9 Å². The van der Waals surface area contributed by atoms with E-state index in [-0.39, 0.29) is 5.56 Å². The maximum atomic E-state index is 13.2. The van der Waals surface area contributed by atoms with Crippen molar-refractivity contribution in [2.45, 2.75) is 33.0 Å². The molecule has 1 atom stereocenters. The van der Waals surface area contributed by atoms with E-state index < -0.39 is 17.8 Å². The van der Waals surface area contributed by atoms with Crippen LogP contribution in [0.4, 0.5) is 13.2 Å². The van der Waals surface area contributed by atoms with Crippen LogP contribution in [0, 0.1) is 13.8 Å². The van der Waals surface area contributed by atoms with Crippen molar-refractivity contribution >= 4 is 26.8 Å². The average Bonchev–Trinajstić information content (AvgIpc) is 2.58. The molecule has 142 valence electrons. The molecular weight excluding hydrogens is 419 g/mol. The zero-order valence-electron chi connectivity index (χ0n) is 15.4. The molecule has 7 heteroatoms. The predicted octanol–water partition coefficient (Wildman–Crippen LogP) is 5.63. The van der Waals surface area contributed by atoms with Gasteiger partial charge in [0.25, 0.3) is 0 Å². The molecule has 27 heavy (non-hydrogen) atoms. The summed E-state index contributed by atoms with van der Waals surface area (Å²) < 4.78 is 42.5. The molecule has 0 saturated heterocycles. The Hall–Kier alpha value is -2.15. The summed E-state index contributed by atoms with van der Waals surface area (Å²) in [5.41, 5.74) is 1.59. The Morgan fingerprint density at radius 1 is 1.15 bits per heavy atom. The summed E-state index contributed by atoms with van der Waals surface area (Å²) in [6.07, 6.45) is -4.38. The second-order valence-corrected chi connectivity index (χ2v) is 7.44. The minimum Gasteiger partial charge on any atom is -0.332 e. The largest absolute Gasteiger partial charge is 0.416 e. The molecule has 3 aromatic rings. The Balaban J connectivity index is 2.21. The molecule has 0 fully saturated rings. The third-order valence-electron chi connectivity index (χ3n) is 4.76. The smallest absolute Gasteiger partial charge is 0.332 e. The number of nitrogens with zero attached hydrogens (tertiary/aromatic N) is 3. The van der Waals surface area contributed by atoms with E-state index in [0.29, 0.717) is 11.1 Å². The van der Waals surface area contributed by atoms with Crippen LogP contribution in [0.2, 0.25) is 0 Å². The van der Waals surface area contributed by atoms with Gasteiger partial charge in [0.2, 0.25) is 0 Å². The molecule has 0 N–H and O–H groups in total. The second kappa shape index (κ2) is 7.11. The normalized spacial score (nSPS) is 14.0. The van der Waals surface area contributed by atoms with Gasteiger partial charge in [0, 0.05) is 16.9 Å².